The lowest BCUT2D eigenvalue weighted by Crippen LogP contribution is -2.23. The molecule has 0 saturated carbocycles. The molecule has 0 radical (unpaired) electrons. The van der Waals surface area contributed by atoms with Crippen LogP contribution in [0.1, 0.15) is 55.5 Å². The van der Waals surface area contributed by atoms with E-state index in [4.69, 9.17) is 42.8 Å². The van der Waals surface area contributed by atoms with Crippen LogP contribution < -0.4 is 4.74 Å². The predicted octanol–water partition coefficient (Wildman–Crippen LogP) is 5.96. The van der Waals surface area contributed by atoms with Crippen LogP contribution in [0.4, 0.5) is 4.79 Å². The van der Waals surface area contributed by atoms with Crippen molar-refractivity contribution >= 4 is 40.2 Å². The molecule has 6 rings (SSSR count). The van der Waals surface area contributed by atoms with Crippen molar-refractivity contribution in [2.75, 3.05) is 6.61 Å². The van der Waals surface area contributed by atoms with Crippen molar-refractivity contribution in [2.24, 2.45) is 0 Å². The highest BCUT2D eigenvalue weighted by molar-refractivity contribution is 6.35. The van der Waals surface area contributed by atoms with Crippen molar-refractivity contribution in [3.63, 3.8) is 0 Å². The van der Waals surface area contributed by atoms with Crippen molar-refractivity contribution in [3.8, 4) is 17.3 Å². The predicted molar refractivity (Wildman–Crippen MR) is 137 cm³/mol. The van der Waals surface area contributed by atoms with Gasteiger partial charge in [-0.3, -0.25) is 9.88 Å². The van der Waals surface area contributed by atoms with Crippen LogP contribution in [0.5, 0.6) is 5.75 Å². The van der Waals surface area contributed by atoms with E-state index in [1.54, 1.807) is 12.4 Å². The van der Waals surface area contributed by atoms with E-state index in [-0.39, 0.29) is 19.3 Å². The third-order valence-corrected chi connectivity index (χ3v) is 7.37. The Labute approximate surface area is 222 Å². The van der Waals surface area contributed by atoms with Gasteiger partial charge in [-0.2, -0.15) is 5.10 Å². The van der Waals surface area contributed by atoms with E-state index in [0.717, 1.165) is 35.9 Å². The number of nitrogens with zero attached hydrogens (tertiary/aromatic N) is 5. The molecule has 10 nitrogen and oxygen atoms in total. The smallest absolute Gasteiger partial charge is 0.408 e. The number of benzene rings is 1. The zero-order chi connectivity index (χ0) is 25.7. The number of rotatable bonds is 5. The Balaban J connectivity index is 1.39. The fourth-order valence-corrected chi connectivity index (χ4v) is 5.63. The molecule has 2 N–H and O–H groups in total. The summed E-state index contributed by atoms with van der Waals surface area (Å²) in [4.78, 5) is 24.7. The van der Waals surface area contributed by atoms with E-state index < -0.39 is 12.2 Å². The number of halogens is 2. The monoisotopic (exact) mass is 542 g/mol. The summed E-state index contributed by atoms with van der Waals surface area (Å²) in [5, 5.41) is 15.9. The average molecular weight is 543 g/mol. The number of H-pyrrole nitrogens is 1. The molecule has 2 unspecified atom stereocenters. The molecule has 1 aromatic carbocycles. The Kier molecular flexibility index (Phi) is 6.18. The zero-order valence-electron chi connectivity index (χ0n) is 19.9. The fourth-order valence-electron chi connectivity index (χ4n) is 4.96. The standard InChI is InChI=1S/C25H24Cl2N6O4/c1-13(22-16(26)9-28-10-17(22)27)37-14-5-6-20-15(8-14)23(31-33(20)21-4-2-3-7-36-21)24-29-18-11-32(25(34)35)12-19(18)30-24/h5-6,8-10,13,21H,2-4,7,11-12H2,1H3,(H,29,30)(H,34,35). The van der Waals surface area contributed by atoms with E-state index >= 15 is 0 Å². The van der Waals surface area contributed by atoms with E-state index in [9.17, 15) is 9.90 Å². The summed E-state index contributed by atoms with van der Waals surface area (Å²) in [5.41, 5.74) is 3.69. The minimum atomic E-state index is -0.970. The molecule has 1 saturated heterocycles. The van der Waals surface area contributed by atoms with Crippen LogP contribution in [0.3, 0.4) is 0 Å². The molecule has 0 aliphatic carbocycles. The van der Waals surface area contributed by atoms with Crippen molar-refractivity contribution in [1.82, 2.24) is 29.6 Å². The number of fused-ring (bicyclic) bond motifs is 2. The van der Waals surface area contributed by atoms with Gasteiger partial charge in [0, 0.05) is 30.0 Å². The summed E-state index contributed by atoms with van der Waals surface area (Å²) < 4.78 is 14.2. The first kappa shape index (κ1) is 24.0. The van der Waals surface area contributed by atoms with Gasteiger partial charge in [-0.15, -0.1) is 0 Å². The molecule has 0 spiro atoms. The van der Waals surface area contributed by atoms with Gasteiger partial charge in [0.15, 0.2) is 12.1 Å². The summed E-state index contributed by atoms with van der Waals surface area (Å²) in [5.74, 6) is 1.20. The van der Waals surface area contributed by atoms with Gasteiger partial charge in [-0.05, 0) is 44.4 Å². The van der Waals surface area contributed by atoms with Crippen molar-refractivity contribution in [1.29, 1.82) is 0 Å². The van der Waals surface area contributed by atoms with Crippen LogP contribution in [0.25, 0.3) is 22.4 Å². The van der Waals surface area contributed by atoms with E-state index in [1.165, 1.54) is 4.90 Å². The SMILES string of the molecule is CC(Oc1ccc2c(c1)c(-c1nc3c([nH]1)CN(C(=O)O)C3)nn2C1CCCCO1)c1c(Cl)cncc1Cl. The number of hydrogen-bond acceptors (Lipinski definition) is 6. The highest BCUT2D eigenvalue weighted by Gasteiger charge is 2.29. The minimum absolute atomic E-state index is 0.172. The van der Waals surface area contributed by atoms with Crippen LogP contribution in [0.2, 0.25) is 10.0 Å². The topological polar surface area (TPSA) is 118 Å². The van der Waals surface area contributed by atoms with Gasteiger partial charge in [0.2, 0.25) is 0 Å². The lowest BCUT2D eigenvalue weighted by atomic mass is 10.1. The largest absolute Gasteiger partial charge is 0.486 e. The Bertz CT molecular complexity index is 1450. The van der Waals surface area contributed by atoms with Gasteiger partial charge in [0.25, 0.3) is 0 Å². The van der Waals surface area contributed by atoms with Gasteiger partial charge in [-0.1, -0.05) is 23.2 Å². The number of imidazole rings is 1. The fraction of sp³-hybridized carbons (Fsp3) is 0.360. The Hall–Kier alpha value is -3.34. The van der Waals surface area contributed by atoms with E-state index in [2.05, 4.69) is 9.97 Å². The molecule has 5 heterocycles. The number of aromatic amines is 1. The number of ether oxygens (including phenoxy) is 2. The van der Waals surface area contributed by atoms with Gasteiger partial charge < -0.3 is 19.6 Å². The molecule has 192 valence electrons. The number of carboxylic acid groups (broad SMARTS) is 1. The van der Waals surface area contributed by atoms with Crippen molar-refractivity contribution < 1.29 is 19.4 Å². The second-order valence-corrected chi connectivity index (χ2v) is 10.0. The van der Waals surface area contributed by atoms with Gasteiger partial charge in [0.05, 0.1) is 40.0 Å². The lowest BCUT2D eigenvalue weighted by molar-refractivity contribution is -0.0365. The third-order valence-electron chi connectivity index (χ3n) is 6.76. The molecule has 1 fully saturated rings. The third kappa shape index (κ3) is 4.39. The average Bonchev–Trinajstić information content (AvgIpc) is 3.56. The number of nitrogens with one attached hydrogen (secondary N) is 1. The van der Waals surface area contributed by atoms with Gasteiger partial charge >= 0.3 is 6.09 Å². The molecule has 2 aliphatic heterocycles. The first-order valence-corrected chi connectivity index (χ1v) is 12.8. The highest BCUT2D eigenvalue weighted by atomic mass is 35.5. The maximum Gasteiger partial charge on any atom is 0.408 e. The summed E-state index contributed by atoms with van der Waals surface area (Å²) in [6.07, 6.45) is 4.48. The first-order chi connectivity index (χ1) is 17.9. The molecular formula is C25H24Cl2N6O4. The Morgan fingerprint density at radius 2 is 2.05 bits per heavy atom. The van der Waals surface area contributed by atoms with E-state index in [0.29, 0.717) is 45.2 Å². The highest BCUT2D eigenvalue weighted by Crippen LogP contribution is 2.37. The number of pyridine rings is 1. The maximum absolute atomic E-state index is 11.4. The summed E-state index contributed by atoms with van der Waals surface area (Å²) >= 11 is 12.7. The van der Waals surface area contributed by atoms with E-state index in [1.807, 2.05) is 29.8 Å². The molecule has 2 aliphatic rings. The molecule has 0 bridgehead atoms. The van der Waals surface area contributed by atoms with Crippen LogP contribution in [-0.2, 0) is 17.8 Å². The molecule has 37 heavy (non-hydrogen) atoms. The molecule has 3 aromatic heterocycles. The van der Waals surface area contributed by atoms with Gasteiger partial charge in [-0.25, -0.2) is 14.5 Å². The molecule has 2 atom stereocenters. The minimum Gasteiger partial charge on any atom is -0.486 e. The molecular weight excluding hydrogens is 519 g/mol. The quantitative estimate of drug-likeness (QED) is 0.319. The first-order valence-electron chi connectivity index (χ1n) is 12.0. The molecule has 4 aromatic rings. The van der Waals surface area contributed by atoms with Gasteiger partial charge in [0.1, 0.15) is 17.5 Å². The number of carbonyl (C=O) groups is 1. The van der Waals surface area contributed by atoms with Crippen LogP contribution in [0.15, 0.2) is 30.6 Å². The maximum atomic E-state index is 11.4. The summed E-state index contributed by atoms with van der Waals surface area (Å²) in [6, 6.07) is 5.78. The van der Waals surface area contributed by atoms with Crippen molar-refractivity contribution in [3.05, 3.63) is 57.6 Å². The molecule has 1 amide bonds. The molecule has 12 heteroatoms. The lowest BCUT2D eigenvalue weighted by Gasteiger charge is -2.23. The second kappa shape index (κ2) is 9.51. The summed E-state index contributed by atoms with van der Waals surface area (Å²) in [6.45, 7) is 3.07. The second-order valence-electron chi connectivity index (χ2n) is 9.22. The Morgan fingerprint density at radius 1 is 1.24 bits per heavy atom. The Morgan fingerprint density at radius 3 is 2.76 bits per heavy atom. The number of aromatic nitrogens is 5. The normalized spacial score (nSPS) is 18.2. The van der Waals surface area contributed by atoms with Crippen LogP contribution in [0, 0.1) is 0 Å². The summed E-state index contributed by atoms with van der Waals surface area (Å²) in [7, 11) is 0. The number of amides is 1. The van der Waals surface area contributed by atoms with Crippen LogP contribution >= 0.6 is 23.2 Å². The zero-order valence-corrected chi connectivity index (χ0v) is 21.5. The van der Waals surface area contributed by atoms with Crippen LogP contribution in [-0.4, -0.2) is 47.4 Å². The van der Waals surface area contributed by atoms with Crippen molar-refractivity contribution in [2.45, 2.75) is 51.6 Å². The number of hydrogen-bond donors (Lipinski definition) is 2.